The summed E-state index contributed by atoms with van der Waals surface area (Å²) in [6.07, 6.45) is 3.87. The molecular formula is C15H21N3O3. The molecule has 1 N–H and O–H groups in total. The van der Waals surface area contributed by atoms with Gasteiger partial charge in [0.1, 0.15) is 12.4 Å². The Balaban J connectivity index is 2.12. The molecule has 0 atom stereocenters. The molecule has 6 heteroatoms. The summed E-state index contributed by atoms with van der Waals surface area (Å²) in [4.78, 5) is 31.1. The Bertz CT molecular complexity index is 507. The second kappa shape index (κ2) is 6.56. The first-order valence-corrected chi connectivity index (χ1v) is 7.23. The average molecular weight is 291 g/mol. The Morgan fingerprint density at radius 3 is 2.48 bits per heavy atom. The smallest absolute Gasteiger partial charge is 0.323 e. The van der Waals surface area contributed by atoms with Crippen LogP contribution in [0.3, 0.4) is 0 Å². The van der Waals surface area contributed by atoms with Crippen LogP contribution in [0.25, 0.3) is 0 Å². The van der Waals surface area contributed by atoms with Crippen LogP contribution < -0.4 is 4.90 Å². The van der Waals surface area contributed by atoms with Crippen molar-refractivity contribution in [1.82, 2.24) is 9.88 Å². The SMILES string of the molecule is CC(C)N(CC(=O)O)C(=O)c1ccc(N2CCCC2)nc1. The summed E-state index contributed by atoms with van der Waals surface area (Å²) in [5.41, 5.74) is 0.424. The first-order valence-electron chi connectivity index (χ1n) is 7.23. The molecule has 1 aromatic heterocycles. The Hall–Kier alpha value is -2.11. The van der Waals surface area contributed by atoms with E-state index in [2.05, 4.69) is 9.88 Å². The lowest BCUT2D eigenvalue weighted by Crippen LogP contribution is -2.40. The van der Waals surface area contributed by atoms with E-state index in [9.17, 15) is 9.59 Å². The van der Waals surface area contributed by atoms with Crippen molar-refractivity contribution in [3.63, 3.8) is 0 Å². The first-order chi connectivity index (χ1) is 9.99. The van der Waals surface area contributed by atoms with E-state index in [0.717, 1.165) is 18.9 Å². The number of amides is 1. The summed E-state index contributed by atoms with van der Waals surface area (Å²) >= 11 is 0. The molecule has 0 saturated carbocycles. The number of rotatable bonds is 5. The molecule has 0 unspecified atom stereocenters. The van der Waals surface area contributed by atoms with Crippen molar-refractivity contribution in [3.8, 4) is 0 Å². The molecule has 1 aromatic rings. The Kier molecular flexibility index (Phi) is 4.77. The van der Waals surface area contributed by atoms with E-state index in [4.69, 9.17) is 5.11 Å². The lowest BCUT2D eigenvalue weighted by Gasteiger charge is -2.25. The fourth-order valence-corrected chi connectivity index (χ4v) is 2.45. The number of carbonyl (C=O) groups is 2. The highest BCUT2D eigenvalue weighted by Gasteiger charge is 2.22. The van der Waals surface area contributed by atoms with Crippen LogP contribution >= 0.6 is 0 Å². The Morgan fingerprint density at radius 1 is 1.33 bits per heavy atom. The van der Waals surface area contributed by atoms with Crippen LogP contribution in [0.15, 0.2) is 18.3 Å². The number of carbonyl (C=O) groups excluding carboxylic acids is 1. The quantitative estimate of drug-likeness (QED) is 0.892. The molecule has 0 radical (unpaired) electrons. The molecule has 2 rings (SSSR count). The first kappa shape index (κ1) is 15.3. The minimum atomic E-state index is -1.02. The predicted octanol–water partition coefficient (Wildman–Crippen LogP) is 1.62. The van der Waals surface area contributed by atoms with Crippen molar-refractivity contribution < 1.29 is 14.7 Å². The van der Waals surface area contributed by atoms with E-state index in [1.54, 1.807) is 19.9 Å². The molecule has 2 heterocycles. The van der Waals surface area contributed by atoms with Crippen LogP contribution in [0.4, 0.5) is 5.82 Å². The minimum Gasteiger partial charge on any atom is -0.480 e. The molecule has 0 bridgehead atoms. The van der Waals surface area contributed by atoms with E-state index >= 15 is 0 Å². The normalized spacial score (nSPS) is 14.5. The van der Waals surface area contributed by atoms with Gasteiger partial charge in [0.05, 0.1) is 5.56 Å². The van der Waals surface area contributed by atoms with Crippen LogP contribution in [0, 0.1) is 0 Å². The Labute approximate surface area is 124 Å². The summed E-state index contributed by atoms with van der Waals surface area (Å²) in [7, 11) is 0. The Morgan fingerprint density at radius 2 is 2.00 bits per heavy atom. The molecule has 0 aromatic carbocycles. The fourth-order valence-electron chi connectivity index (χ4n) is 2.45. The molecule has 1 aliphatic rings. The van der Waals surface area contributed by atoms with E-state index in [-0.39, 0.29) is 18.5 Å². The van der Waals surface area contributed by atoms with Gasteiger partial charge in [0.25, 0.3) is 5.91 Å². The maximum atomic E-state index is 12.4. The van der Waals surface area contributed by atoms with Crippen LogP contribution in [-0.2, 0) is 4.79 Å². The van der Waals surface area contributed by atoms with Gasteiger partial charge in [-0.15, -0.1) is 0 Å². The van der Waals surface area contributed by atoms with Crippen molar-refractivity contribution in [2.24, 2.45) is 0 Å². The number of carboxylic acid groups (broad SMARTS) is 1. The number of aliphatic carboxylic acids is 1. The lowest BCUT2D eigenvalue weighted by atomic mass is 10.2. The number of pyridine rings is 1. The van der Waals surface area contributed by atoms with Gasteiger partial charge in [-0.3, -0.25) is 9.59 Å². The highest BCUT2D eigenvalue weighted by molar-refractivity contribution is 5.95. The van der Waals surface area contributed by atoms with Crippen LogP contribution in [-0.4, -0.2) is 52.5 Å². The van der Waals surface area contributed by atoms with Gasteiger partial charge in [-0.1, -0.05) is 0 Å². The molecule has 6 nitrogen and oxygen atoms in total. The van der Waals surface area contributed by atoms with Crippen LogP contribution in [0.2, 0.25) is 0 Å². The van der Waals surface area contributed by atoms with Crippen molar-refractivity contribution >= 4 is 17.7 Å². The van der Waals surface area contributed by atoms with Gasteiger partial charge < -0.3 is 14.9 Å². The van der Waals surface area contributed by atoms with E-state index in [1.807, 2.05) is 6.07 Å². The van der Waals surface area contributed by atoms with E-state index in [0.29, 0.717) is 5.56 Å². The van der Waals surface area contributed by atoms with Gasteiger partial charge >= 0.3 is 5.97 Å². The summed E-state index contributed by atoms with van der Waals surface area (Å²) < 4.78 is 0. The number of nitrogens with zero attached hydrogens (tertiary/aromatic N) is 3. The molecule has 1 saturated heterocycles. The molecule has 114 valence electrons. The summed E-state index contributed by atoms with van der Waals surface area (Å²) in [5.74, 6) is -0.440. The van der Waals surface area contributed by atoms with Crippen molar-refractivity contribution in [3.05, 3.63) is 23.9 Å². The largest absolute Gasteiger partial charge is 0.480 e. The highest BCUT2D eigenvalue weighted by Crippen LogP contribution is 2.18. The zero-order chi connectivity index (χ0) is 15.4. The summed E-state index contributed by atoms with van der Waals surface area (Å²) in [5, 5.41) is 8.90. The van der Waals surface area contributed by atoms with Gasteiger partial charge in [0.15, 0.2) is 0 Å². The van der Waals surface area contributed by atoms with Gasteiger partial charge in [-0.2, -0.15) is 0 Å². The number of hydrogen-bond acceptors (Lipinski definition) is 4. The highest BCUT2D eigenvalue weighted by atomic mass is 16.4. The van der Waals surface area contributed by atoms with Crippen LogP contribution in [0.5, 0.6) is 0 Å². The average Bonchev–Trinajstić information content (AvgIpc) is 2.98. The number of hydrogen-bond donors (Lipinski definition) is 1. The third-order valence-electron chi connectivity index (χ3n) is 3.61. The van der Waals surface area contributed by atoms with Crippen LogP contribution in [0.1, 0.15) is 37.0 Å². The van der Waals surface area contributed by atoms with Crippen molar-refractivity contribution in [2.75, 3.05) is 24.5 Å². The molecule has 1 aliphatic heterocycles. The van der Waals surface area contributed by atoms with E-state index < -0.39 is 5.97 Å². The monoisotopic (exact) mass is 291 g/mol. The zero-order valence-corrected chi connectivity index (χ0v) is 12.5. The number of carboxylic acids is 1. The second-order valence-electron chi connectivity index (χ2n) is 5.52. The molecule has 0 aliphatic carbocycles. The zero-order valence-electron chi connectivity index (χ0n) is 12.5. The van der Waals surface area contributed by atoms with Crippen molar-refractivity contribution in [2.45, 2.75) is 32.7 Å². The maximum Gasteiger partial charge on any atom is 0.323 e. The fraction of sp³-hybridized carbons (Fsp3) is 0.533. The lowest BCUT2D eigenvalue weighted by molar-refractivity contribution is -0.138. The predicted molar refractivity (Wildman–Crippen MR) is 79.5 cm³/mol. The maximum absolute atomic E-state index is 12.4. The molecule has 1 amide bonds. The van der Waals surface area contributed by atoms with E-state index in [1.165, 1.54) is 23.9 Å². The molecular weight excluding hydrogens is 270 g/mol. The van der Waals surface area contributed by atoms with Gasteiger partial charge in [0.2, 0.25) is 0 Å². The van der Waals surface area contributed by atoms with Gasteiger partial charge in [-0.25, -0.2) is 4.98 Å². The van der Waals surface area contributed by atoms with Gasteiger partial charge in [-0.05, 0) is 38.8 Å². The topological polar surface area (TPSA) is 73.7 Å². The third kappa shape index (κ3) is 3.71. The van der Waals surface area contributed by atoms with Crippen molar-refractivity contribution in [1.29, 1.82) is 0 Å². The summed E-state index contributed by atoms with van der Waals surface area (Å²) in [6.45, 7) is 5.29. The minimum absolute atomic E-state index is 0.174. The third-order valence-corrected chi connectivity index (χ3v) is 3.61. The van der Waals surface area contributed by atoms with Gasteiger partial charge in [0, 0.05) is 25.3 Å². The summed E-state index contributed by atoms with van der Waals surface area (Å²) in [6, 6.07) is 3.38. The standard InChI is InChI=1S/C15H21N3O3/c1-11(2)18(10-14(19)20)15(21)12-5-6-13(16-9-12)17-7-3-4-8-17/h5-6,9,11H,3-4,7-8,10H2,1-2H3,(H,19,20). The molecule has 1 fully saturated rings. The number of aromatic nitrogens is 1. The molecule has 21 heavy (non-hydrogen) atoms. The second-order valence-corrected chi connectivity index (χ2v) is 5.52. The number of anilines is 1. The molecule has 0 spiro atoms.